The van der Waals surface area contributed by atoms with Crippen LogP contribution in [0.2, 0.25) is 0 Å². The summed E-state index contributed by atoms with van der Waals surface area (Å²) in [5.41, 5.74) is 0. The van der Waals surface area contributed by atoms with Gasteiger partial charge in [0.25, 0.3) is 0 Å². The van der Waals surface area contributed by atoms with Crippen LogP contribution in [0.1, 0.15) is 0 Å². The Morgan fingerprint density at radius 2 is 1.50 bits per heavy atom. The predicted molar refractivity (Wildman–Crippen MR) is 21.0 cm³/mol. The van der Waals surface area contributed by atoms with Gasteiger partial charge in [0.05, 0.1) is 0 Å². The molecule has 0 aromatic rings. The van der Waals surface area contributed by atoms with Gasteiger partial charge in [-0.3, -0.25) is 4.79 Å². The summed E-state index contributed by atoms with van der Waals surface area (Å²) in [6.07, 6.45) is 0. The zero-order valence-electron chi connectivity index (χ0n) is 2.93. The Labute approximate surface area is 42.8 Å². The molecule has 5 heteroatoms. The fraction of sp³-hybridized carbons (Fsp3) is 0. The fourth-order valence-corrected chi connectivity index (χ4v) is 0. The van der Waals surface area contributed by atoms with Gasteiger partial charge in [0.15, 0.2) is 4.83 Å². The largest absolute Gasteiger partial charge is 0.498 e. The summed E-state index contributed by atoms with van der Waals surface area (Å²) in [7, 11) is 0. The second-order valence-corrected chi connectivity index (χ2v) is 0.832. The highest BCUT2D eigenvalue weighted by molar-refractivity contribution is 6.54. The van der Waals surface area contributed by atoms with Gasteiger partial charge < -0.3 is 16.1 Å². The van der Waals surface area contributed by atoms with Crippen molar-refractivity contribution < 1.29 is 20.9 Å². The van der Waals surface area contributed by atoms with Gasteiger partial charge in [-0.1, -0.05) is 0 Å². The molecule has 6 heavy (non-hydrogen) atoms. The zero-order valence-corrected chi connectivity index (χ0v) is 4.09. The second kappa shape index (κ2) is 8.87. The molecule has 0 aliphatic rings. The van der Waals surface area contributed by atoms with E-state index >= 15 is 0 Å². The molecule has 0 aromatic heterocycles. The third kappa shape index (κ3) is 5570. The molecule has 4 nitrogen and oxygen atoms in total. The highest BCUT2D eigenvalue weighted by Gasteiger charge is 1.65. The van der Waals surface area contributed by atoms with Gasteiger partial charge in [0, 0.05) is 0 Å². The second-order valence-electron chi connectivity index (χ2n) is 0.338. The van der Waals surface area contributed by atoms with Crippen LogP contribution in [0.15, 0.2) is 0 Å². The highest BCUT2D eigenvalue weighted by atomic mass is 27.0. The van der Waals surface area contributed by atoms with E-state index < -0.39 is 4.83 Å². The van der Waals surface area contributed by atoms with Gasteiger partial charge in [-0.2, -0.15) is 0 Å². The van der Waals surface area contributed by atoms with Crippen LogP contribution in [-0.4, -0.2) is 37.2 Å². The van der Waals surface area contributed by atoms with E-state index in [9.17, 15) is 0 Å². The van der Waals surface area contributed by atoms with E-state index in [2.05, 4.69) is 0 Å². The van der Waals surface area contributed by atoms with E-state index in [1.165, 1.54) is 0 Å². The van der Waals surface area contributed by atoms with Crippen LogP contribution in [0.3, 0.4) is 0 Å². The molecule has 0 aliphatic carbocycles. The van der Waals surface area contributed by atoms with Crippen LogP contribution >= 0.6 is 0 Å². The van der Waals surface area contributed by atoms with Crippen molar-refractivity contribution in [1.82, 2.24) is 0 Å². The summed E-state index contributed by atoms with van der Waals surface area (Å²) in [5, 5.41) is 7.38. The maximum absolute atomic E-state index is 8.96. The van der Waals surface area contributed by atoms with Gasteiger partial charge in [-0.05, 0) is 0 Å². The monoisotopic (exact) mass is 108 g/mol. The van der Waals surface area contributed by atoms with E-state index in [1.807, 2.05) is 0 Å². The van der Waals surface area contributed by atoms with Crippen LogP contribution in [0.5, 0.6) is 0 Å². The van der Waals surface area contributed by atoms with Crippen molar-refractivity contribution >= 4 is 21.1 Å². The van der Waals surface area contributed by atoms with Gasteiger partial charge in [-0.25, -0.2) is 0 Å². The lowest BCUT2D eigenvalue weighted by atomic mass is 11.6. The third-order valence-corrected chi connectivity index (χ3v) is 0. The van der Waals surface area contributed by atoms with Gasteiger partial charge in [0.1, 0.15) is 0 Å². The molecule has 0 bridgehead atoms. The van der Waals surface area contributed by atoms with E-state index in [0.29, 0.717) is 0 Å². The van der Waals surface area contributed by atoms with Crippen molar-refractivity contribution in [2.45, 2.75) is 0 Å². The van der Waals surface area contributed by atoms with Gasteiger partial charge in [-0.15, -0.1) is 0 Å². The molecule has 0 atom stereocenters. The summed E-state index contributed by atoms with van der Waals surface area (Å²) in [5.74, 6) is 0. The van der Waals surface area contributed by atoms with Crippen molar-refractivity contribution in [3.05, 3.63) is 0 Å². The quantitative estimate of drug-likeness (QED) is 0.369. The molecule has 0 spiro atoms. The maximum Gasteiger partial charge on any atom is 0.317 e. The van der Waals surface area contributed by atoms with Crippen LogP contribution in [0.4, 0.5) is 4.79 Å². The SMILES string of the molecule is O.O.O=[C](O)[Al]. The first-order valence-electron chi connectivity index (χ1n) is 0.716. The Morgan fingerprint density at radius 1 is 1.50 bits per heavy atom. The predicted octanol–water partition coefficient (Wildman–Crippen LogP) is -1.82. The normalized spacial score (nSPS) is 4.00. The lowest BCUT2D eigenvalue weighted by Gasteiger charge is -1.62. The van der Waals surface area contributed by atoms with Gasteiger partial charge >= 0.3 is 16.3 Å². The Bertz CT molecular complexity index is 30.5. The number of hydrogen-bond acceptors (Lipinski definition) is 1. The Balaban J connectivity index is -0.0000000450. The van der Waals surface area contributed by atoms with Crippen molar-refractivity contribution in [3.63, 3.8) is 0 Å². The first-order valence-corrected chi connectivity index (χ1v) is 1.29. The molecule has 5 N–H and O–H groups in total. The Morgan fingerprint density at radius 3 is 1.50 bits per heavy atom. The highest BCUT2D eigenvalue weighted by Crippen LogP contribution is 1.41. The average Bonchev–Trinajstić information content (AvgIpc) is 0.811. The molecule has 2 radical (unpaired) electrons. The standard InChI is InChI=1S/CHO2.Al.2H2O/c2-1-3;;;/h(H,2,3);;2*1H2. The molecule has 0 aromatic carbocycles. The molecule has 0 unspecified atom stereocenters. The summed E-state index contributed by atoms with van der Waals surface area (Å²) in [6, 6.07) is 0. The van der Waals surface area contributed by atoms with E-state index in [-0.39, 0.29) is 11.0 Å². The minimum absolute atomic E-state index is 0. The third-order valence-electron chi connectivity index (χ3n) is 0. The first-order chi connectivity index (χ1) is 1.73. The number of hydrogen-bond donors (Lipinski definition) is 1. The smallest absolute Gasteiger partial charge is 0.317 e. The fourth-order valence-electron chi connectivity index (χ4n) is 0. The first kappa shape index (κ1) is 16.8. The minimum atomic E-state index is -0.917. The summed E-state index contributed by atoms with van der Waals surface area (Å²) < 4.78 is 0. The Hall–Kier alpha value is -0.0775. The summed E-state index contributed by atoms with van der Waals surface area (Å²) in [6.45, 7) is 0. The number of rotatable bonds is 0. The number of carbonyl (C=O) groups is 1. The molecule has 0 amide bonds. The van der Waals surface area contributed by atoms with Crippen LogP contribution < -0.4 is 0 Å². The Kier molecular flexibility index (Phi) is 24.8. The molecule has 0 rings (SSSR count). The molecule has 0 saturated carbocycles. The maximum atomic E-state index is 8.96. The van der Waals surface area contributed by atoms with Crippen molar-refractivity contribution in [2.24, 2.45) is 0 Å². The van der Waals surface area contributed by atoms with Crippen LogP contribution in [0, 0.1) is 0 Å². The summed E-state index contributed by atoms with van der Waals surface area (Å²) in [4.78, 5) is 8.05. The minimum Gasteiger partial charge on any atom is -0.498 e. The molecular weight excluding hydrogens is 103 g/mol. The number of carboxylic acid groups (broad SMARTS) is 1. The zero-order chi connectivity index (χ0) is 3.58. The van der Waals surface area contributed by atoms with Crippen molar-refractivity contribution in [1.29, 1.82) is 0 Å². The van der Waals surface area contributed by atoms with E-state index in [4.69, 9.17) is 9.90 Å². The molecule has 0 fully saturated rings. The topological polar surface area (TPSA) is 100 Å². The van der Waals surface area contributed by atoms with E-state index in [1.54, 1.807) is 16.3 Å². The molecule has 0 heterocycles. The van der Waals surface area contributed by atoms with Crippen molar-refractivity contribution in [3.8, 4) is 0 Å². The molecule has 0 saturated heterocycles. The van der Waals surface area contributed by atoms with Gasteiger partial charge in [0.2, 0.25) is 0 Å². The van der Waals surface area contributed by atoms with Crippen LogP contribution in [0.25, 0.3) is 0 Å². The lowest BCUT2D eigenvalue weighted by molar-refractivity contribution is 0.220. The summed E-state index contributed by atoms with van der Waals surface area (Å²) >= 11 is 1.57. The molecule has 0 aliphatic heterocycles. The van der Waals surface area contributed by atoms with E-state index in [0.717, 1.165) is 0 Å². The molecule has 36 valence electrons. The lowest BCUT2D eigenvalue weighted by Crippen LogP contribution is -1.83. The van der Waals surface area contributed by atoms with Crippen molar-refractivity contribution in [2.75, 3.05) is 0 Å². The average molecular weight is 108 g/mol. The van der Waals surface area contributed by atoms with Crippen LogP contribution in [-0.2, 0) is 0 Å². The molecular formula is CH5AlO4.